The number of ether oxygens (including phenoxy) is 3. The number of methoxy groups -OCH3 is 2. The Morgan fingerprint density at radius 3 is 2.50 bits per heavy atom. The average Bonchev–Trinajstić information content (AvgIpc) is 2.64. The molecule has 2 aromatic rings. The first-order valence-electron chi connectivity index (χ1n) is 8.14. The minimum absolute atomic E-state index is 0.166. The molecule has 0 saturated heterocycles. The summed E-state index contributed by atoms with van der Waals surface area (Å²) in [7, 11) is 3.08. The van der Waals surface area contributed by atoms with Crippen LogP contribution in [0.1, 0.15) is 29.3 Å². The lowest BCUT2D eigenvalue weighted by Gasteiger charge is -2.17. The summed E-state index contributed by atoms with van der Waals surface area (Å²) < 4.78 is 16.5. The van der Waals surface area contributed by atoms with E-state index in [-0.39, 0.29) is 5.56 Å². The lowest BCUT2D eigenvalue weighted by Crippen LogP contribution is -2.07. The highest BCUT2D eigenvalue weighted by Gasteiger charge is 2.14. The second kappa shape index (κ2) is 9.20. The van der Waals surface area contributed by atoms with Gasteiger partial charge in [-0.25, -0.2) is 4.79 Å². The van der Waals surface area contributed by atoms with Gasteiger partial charge in [-0.3, -0.25) is 0 Å². The lowest BCUT2D eigenvalue weighted by atomic mass is 10.1. The Morgan fingerprint density at radius 2 is 1.88 bits per heavy atom. The molecule has 2 aromatic carbocycles. The van der Waals surface area contributed by atoms with Gasteiger partial charge < -0.3 is 24.6 Å². The summed E-state index contributed by atoms with van der Waals surface area (Å²) >= 11 is 6.18. The maximum atomic E-state index is 11.2. The predicted octanol–water partition coefficient (Wildman–Crippen LogP) is 4.46. The third-order valence-electron chi connectivity index (χ3n) is 3.68. The highest BCUT2D eigenvalue weighted by Crippen LogP contribution is 2.36. The van der Waals surface area contributed by atoms with Gasteiger partial charge in [-0.05, 0) is 30.7 Å². The molecule has 0 aliphatic heterocycles. The number of halogens is 1. The zero-order valence-electron chi connectivity index (χ0n) is 15.0. The molecule has 26 heavy (non-hydrogen) atoms. The Morgan fingerprint density at radius 1 is 1.15 bits per heavy atom. The van der Waals surface area contributed by atoms with Crippen LogP contribution >= 0.6 is 11.6 Å². The molecule has 0 bridgehead atoms. The van der Waals surface area contributed by atoms with Crippen molar-refractivity contribution in [1.29, 1.82) is 0 Å². The minimum atomic E-state index is -1.01. The van der Waals surface area contributed by atoms with Crippen LogP contribution in [0.2, 0.25) is 5.02 Å². The Labute approximate surface area is 157 Å². The van der Waals surface area contributed by atoms with Crippen LogP contribution in [0.25, 0.3) is 0 Å². The van der Waals surface area contributed by atoms with E-state index in [1.165, 1.54) is 19.2 Å². The molecule has 0 radical (unpaired) electrons. The molecule has 7 heteroatoms. The predicted molar refractivity (Wildman–Crippen MR) is 101 cm³/mol. The number of hydrogen-bond donors (Lipinski definition) is 2. The molecule has 6 nitrogen and oxygen atoms in total. The fourth-order valence-corrected chi connectivity index (χ4v) is 2.67. The van der Waals surface area contributed by atoms with Gasteiger partial charge in [0.25, 0.3) is 0 Å². The Bertz CT molecular complexity index is 779. The first-order valence-corrected chi connectivity index (χ1v) is 8.52. The maximum Gasteiger partial charge on any atom is 0.335 e. The summed E-state index contributed by atoms with van der Waals surface area (Å²) in [5.74, 6) is 0.695. The molecule has 0 spiro atoms. The van der Waals surface area contributed by atoms with E-state index in [9.17, 15) is 9.90 Å². The Kier molecular flexibility index (Phi) is 6.97. The summed E-state index contributed by atoms with van der Waals surface area (Å²) in [6, 6.07) is 8.11. The zero-order valence-corrected chi connectivity index (χ0v) is 15.7. The van der Waals surface area contributed by atoms with E-state index in [1.807, 2.05) is 6.92 Å². The van der Waals surface area contributed by atoms with E-state index in [2.05, 4.69) is 5.32 Å². The number of carboxylic acid groups (broad SMARTS) is 1. The molecule has 0 amide bonds. The topological polar surface area (TPSA) is 77.0 Å². The van der Waals surface area contributed by atoms with E-state index in [0.29, 0.717) is 41.1 Å². The zero-order chi connectivity index (χ0) is 19.1. The SMILES string of the molecule is CCCOc1c(CNc2cc(C(=O)O)ccc2OC)cc(Cl)cc1OC. The van der Waals surface area contributed by atoms with Crippen LogP contribution in [-0.2, 0) is 6.54 Å². The molecule has 0 atom stereocenters. The minimum Gasteiger partial charge on any atom is -0.495 e. The average molecular weight is 380 g/mol. The van der Waals surface area contributed by atoms with Crippen LogP contribution in [-0.4, -0.2) is 31.9 Å². The van der Waals surface area contributed by atoms with Gasteiger partial charge in [0.15, 0.2) is 11.5 Å². The van der Waals surface area contributed by atoms with E-state index in [0.717, 1.165) is 12.0 Å². The summed E-state index contributed by atoms with van der Waals surface area (Å²) in [5.41, 5.74) is 1.53. The normalized spacial score (nSPS) is 10.3. The number of anilines is 1. The van der Waals surface area contributed by atoms with Crippen molar-refractivity contribution in [2.24, 2.45) is 0 Å². The number of carbonyl (C=O) groups is 1. The van der Waals surface area contributed by atoms with Crippen molar-refractivity contribution >= 4 is 23.3 Å². The van der Waals surface area contributed by atoms with Crippen molar-refractivity contribution in [3.8, 4) is 17.2 Å². The van der Waals surface area contributed by atoms with Crippen molar-refractivity contribution in [3.63, 3.8) is 0 Å². The van der Waals surface area contributed by atoms with Crippen LogP contribution in [0, 0.1) is 0 Å². The first kappa shape index (κ1) is 19.7. The summed E-state index contributed by atoms with van der Waals surface area (Å²) in [5, 5.41) is 12.9. The number of aromatic carboxylic acids is 1. The fourth-order valence-electron chi connectivity index (χ4n) is 2.44. The molecule has 0 saturated carbocycles. The van der Waals surface area contributed by atoms with Crippen molar-refractivity contribution in [2.75, 3.05) is 26.1 Å². The van der Waals surface area contributed by atoms with Gasteiger partial charge in [0.1, 0.15) is 5.75 Å². The molecule has 0 fully saturated rings. The van der Waals surface area contributed by atoms with E-state index >= 15 is 0 Å². The molecule has 0 aromatic heterocycles. The molecule has 0 unspecified atom stereocenters. The van der Waals surface area contributed by atoms with Gasteiger partial charge in [-0.2, -0.15) is 0 Å². The molecule has 0 aliphatic rings. The third kappa shape index (κ3) is 4.73. The third-order valence-corrected chi connectivity index (χ3v) is 3.90. The van der Waals surface area contributed by atoms with Crippen molar-refractivity contribution in [3.05, 3.63) is 46.5 Å². The van der Waals surface area contributed by atoms with Gasteiger partial charge in [0.05, 0.1) is 32.1 Å². The summed E-state index contributed by atoms with van der Waals surface area (Å²) in [4.78, 5) is 11.2. The molecule has 140 valence electrons. The van der Waals surface area contributed by atoms with Crippen molar-refractivity contribution in [1.82, 2.24) is 0 Å². The van der Waals surface area contributed by atoms with Gasteiger partial charge >= 0.3 is 5.97 Å². The van der Waals surface area contributed by atoms with Crippen molar-refractivity contribution < 1.29 is 24.1 Å². The van der Waals surface area contributed by atoms with Crippen molar-refractivity contribution in [2.45, 2.75) is 19.9 Å². The van der Waals surface area contributed by atoms with E-state index in [1.54, 1.807) is 25.3 Å². The Hall–Kier alpha value is -2.60. The number of carboxylic acids is 1. The quantitative estimate of drug-likeness (QED) is 0.670. The standard InChI is InChI=1S/C19H22ClNO5/c1-4-7-26-18-13(8-14(20)10-17(18)25-3)11-21-15-9-12(19(22)23)5-6-16(15)24-2/h5-6,8-10,21H,4,7,11H2,1-3H3,(H,22,23). The molecular formula is C19H22ClNO5. The van der Waals surface area contributed by atoms with Gasteiger partial charge in [0, 0.05) is 23.2 Å². The number of hydrogen-bond acceptors (Lipinski definition) is 5. The fraction of sp³-hybridized carbons (Fsp3) is 0.316. The van der Waals surface area contributed by atoms with Crippen LogP contribution in [0.3, 0.4) is 0 Å². The summed E-state index contributed by atoms with van der Waals surface area (Å²) in [6.07, 6.45) is 0.854. The van der Waals surface area contributed by atoms with E-state index in [4.69, 9.17) is 25.8 Å². The van der Waals surface area contributed by atoms with Gasteiger partial charge in [-0.1, -0.05) is 18.5 Å². The largest absolute Gasteiger partial charge is 0.495 e. The molecule has 0 aliphatic carbocycles. The highest BCUT2D eigenvalue weighted by molar-refractivity contribution is 6.30. The second-order valence-electron chi connectivity index (χ2n) is 5.52. The second-order valence-corrected chi connectivity index (χ2v) is 5.95. The monoisotopic (exact) mass is 379 g/mol. The van der Waals surface area contributed by atoms with Crippen LogP contribution in [0.15, 0.2) is 30.3 Å². The molecule has 0 heterocycles. The van der Waals surface area contributed by atoms with Crippen LogP contribution < -0.4 is 19.5 Å². The van der Waals surface area contributed by atoms with Crippen LogP contribution in [0.4, 0.5) is 5.69 Å². The smallest absolute Gasteiger partial charge is 0.335 e. The van der Waals surface area contributed by atoms with Gasteiger partial charge in [-0.15, -0.1) is 0 Å². The molecule has 2 rings (SSSR count). The first-order chi connectivity index (χ1) is 12.5. The molecule has 2 N–H and O–H groups in total. The van der Waals surface area contributed by atoms with Gasteiger partial charge in [0.2, 0.25) is 0 Å². The highest BCUT2D eigenvalue weighted by atomic mass is 35.5. The van der Waals surface area contributed by atoms with Crippen LogP contribution in [0.5, 0.6) is 17.2 Å². The number of nitrogens with one attached hydrogen (secondary N) is 1. The lowest BCUT2D eigenvalue weighted by molar-refractivity contribution is 0.0697. The summed E-state index contributed by atoms with van der Waals surface area (Å²) in [6.45, 7) is 2.92. The number of rotatable bonds is 9. The van der Waals surface area contributed by atoms with E-state index < -0.39 is 5.97 Å². The molecular weight excluding hydrogens is 358 g/mol. The maximum absolute atomic E-state index is 11.2. The Balaban J connectivity index is 2.32. The number of benzene rings is 2.